The number of nitrogens with zero attached hydrogens (tertiary/aromatic N) is 2. The fourth-order valence-corrected chi connectivity index (χ4v) is 0. The third kappa shape index (κ3) is 204. The molecule has 0 aromatic heterocycles. The van der Waals surface area contributed by atoms with Gasteiger partial charge >= 0.3 is 45.5 Å². The summed E-state index contributed by atoms with van der Waals surface area (Å²) in [5.74, 6) is 0. The molecule has 0 atom stereocenters. The van der Waals surface area contributed by atoms with E-state index in [1.165, 1.54) is 10.8 Å². The number of nitriles is 2. The predicted octanol–water partition coefficient (Wildman–Crippen LogP) is -0.352. The third-order valence-corrected chi connectivity index (χ3v) is 0. The standard InChI is InChI=1S/2CHNS.Sr/c2*2-1-3;/h2*3H;/q;;+2/p-2. The molecule has 32 valence electrons. The van der Waals surface area contributed by atoms with Crippen molar-refractivity contribution in [3.05, 3.63) is 0 Å². The number of rotatable bonds is 0. The maximum Gasteiger partial charge on any atom is 2.00 e. The molecule has 0 saturated carbocycles. The van der Waals surface area contributed by atoms with Gasteiger partial charge in [-0.1, -0.05) is 10.8 Å². The molecule has 0 radical (unpaired) electrons. The van der Waals surface area contributed by atoms with Crippen molar-refractivity contribution in [3.63, 3.8) is 0 Å². The van der Waals surface area contributed by atoms with Crippen molar-refractivity contribution in [2.45, 2.75) is 0 Å². The monoisotopic (exact) mass is 204 g/mol. The van der Waals surface area contributed by atoms with Crippen LogP contribution >= 0.6 is 0 Å². The van der Waals surface area contributed by atoms with E-state index in [0.29, 0.717) is 0 Å². The molecule has 0 heterocycles. The smallest absolute Gasteiger partial charge is 0.696 e. The van der Waals surface area contributed by atoms with E-state index in [9.17, 15) is 0 Å². The van der Waals surface area contributed by atoms with Crippen molar-refractivity contribution in [2.24, 2.45) is 0 Å². The largest absolute Gasteiger partial charge is 2.00 e. The zero-order chi connectivity index (χ0) is 5.41. The minimum Gasteiger partial charge on any atom is -0.696 e. The van der Waals surface area contributed by atoms with Crippen LogP contribution in [0.5, 0.6) is 0 Å². The molecule has 5 heteroatoms. The molecule has 2 nitrogen and oxygen atoms in total. The average Bonchev–Trinajstić information content (AvgIpc) is 1.39. The summed E-state index contributed by atoms with van der Waals surface area (Å²) in [6.45, 7) is 0. The summed E-state index contributed by atoms with van der Waals surface area (Å²) in [6.07, 6.45) is 0. The first-order chi connectivity index (χ1) is 2.83. The van der Waals surface area contributed by atoms with Gasteiger partial charge in [-0.05, 0) is 0 Å². The summed E-state index contributed by atoms with van der Waals surface area (Å²) >= 11 is 7.40. The van der Waals surface area contributed by atoms with Gasteiger partial charge in [-0.15, -0.1) is 0 Å². The van der Waals surface area contributed by atoms with E-state index in [2.05, 4.69) is 25.3 Å². The second-order valence-electron chi connectivity index (χ2n) is 0.183. The van der Waals surface area contributed by atoms with E-state index < -0.39 is 0 Å². The number of hydrogen-bond donors (Lipinski definition) is 0. The van der Waals surface area contributed by atoms with E-state index in [1.807, 2.05) is 0 Å². The maximum absolute atomic E-state index is 7.13. The van der Waals surface area contributed by atoms with Gasteiger partial charge in [0.2, 0.25) is 0 Å². The molecule has 0 aliphatic heterocycles. The Kier molecular flexibility index (Phi) is 63.9. The van der Waals surface area contributed by atoms with Gasteiger partial charge in [-0.2, -0.15) is 0 Å². The first-order valence-corrected chi connectivity index (χ1v) is 1.67. The van der Waals surface area contributed by atoms with Crippen LogP contribution in [0.3, 0.4) is 0 Å². The van der Waals surface area contributed by atoms with Crippen LogP contribution in [0.2, 0.25) is 0 Å². The summed E-state index contributed by atoms with van der Waals surface area (Å²) in [5, 5.41) is 16.9. The fraction of sp³-hybridized carbons (Fsp3) is 0. The SMILES string of the molecule is N#C[S-].N#C[S-].[Sr+2]. The Morgan fingerprint density at radius 3 is 1.00 bits per heavy atom. The normalized spacial score (nSPS) is 2.00. The third-order valence-electron chi connectivity index (χ3n) is 0. The van der Waals surface area contributed by atoms with Crippen LogP contribution in [0, 0.1) is 21.3 Å². The Morgan fingerprint density at radius 2 is 1.00 bits per heavy atom. The van der Waals surface area contributed by atoms with Crippen LogP contribution in [-0.2, 0) is 25.3 Å². The molecule has 0 spiro atoms. The summed E-state index contributed by atoms with van der Waals surface area (Å²) in [4.78, 5) is 0. The van der Waals surface area contributed by atoms with Gasteiger partial charge in [-0.3, -0.25) is 0 Å². The minimum absolute atomic E-state index is 0. The molecule has 7 heavy (non-hydrogen) atoms. The molecule has 0 aliphatic rings. The van der Waals surface area contributed by atoms with Gasteiger partial charge in [0.25, 0.3) is 0 Å². The zero-order valence-corrected chi connectivity index (χ0v) is 8.53. The summed E-state index contributed by atoms with van der Waals surface area (Å²) in [7, 11) is 0. The van der Waals surface area contributed by atoms with Gasteiger partial charge in [0.05, 0.1) is 0 Å². The van der Waals surface area contributed by atoms with Crippen LogP contribution in [0.1, 0.15) is 0 Å². The molecule has 0 aliphatic carbocycles. The first kappa shape index (κ1) is 15.7. The van der Waals surface area contributed by atoms with Gasteiger partial charge in [-0.25, -0.2) is 10.5 Å². The Labute approximate surface area is 90.6 Å². The van der Waals surface area contributed by atoms with Crippen molar-refractivity contribution >= 4 is 70.7 Å². The Morgan fingerprint density at radius 1 is 1.00 bits per heavy atom. The van der Waals surface area contributed by atoms with Gasteiger partial charge in [0, 0.05) is 0 Å². The van der Waals surface area contributed by atoms with Crippen LogP contribution in [0.4, 0.5) is 0 Å². The van der Waals surface area contributed by atoms with Crippen LogP contribution in [0.15, 0.2) is 0 Å². The zero-order valence-electron chi connectivity index (χ0n) is 3.42. The van der Waals surface area contributed by atoms with Crippen molar-refractivity contribution in [2.75, 3.05) is 0 Å². The minimum atomic E-state index is 0. The van der Waals surface area contributed by atoms with Gasteiger partial charge in [0.15, 0.2) is 0 Å². The second-order valence-corrected chi connectivity index (χ2v) is 0.548. The molecule has 0 unspecified atom stereocenters. The van der Waals surface area contributed by atoms with E-state index >= 15 is 0 Å². The number of thiocyanates is 2. The van der Waals surface area contributed by atoms with E-state index in [0.717, 1.165) is 0 Å². The Bertz CT molecular complexity index is 68.7. The first-order valence-electron chi connectivity index (χ1n) is 0.855. The Balaban J connectivity index is -0.0000000400. The molecule has 0 rings (SSSR count). The quantitative estimate of drug-likeness (QED) is 0.307. The van der Waals surface area contributed by atoms with Gasteiger partial charge < -0.3 is 25.3 Å². The fourth-order valence-electron chi connectivity index (χ4n) is 0. The second kappa shape index (κ2) is 28.6. The van der Waals surface area contributed by atoms with Crippen molar-refractivity contribution < 1.29 is 0 Å². The molecule has 0 bridgehead atoms. The van der Waals surface area contributed by atoms with Gasteiger partial charge in [0.1, 0.15) is 0 Å². The molecule has 0 N–H and O–H groups in total. The van der Waals surface area contributed by atoms with Crippen molar-refractivity contribution in [1.82, 2.24) is 0 Å². The summed E-state index contributed by atoms with van der Waals surface area (Å²) in [5.41, 5.74) is 0. The van der Waals surface area contributed by atoms with E-state index in [1.54, 1.807) is 0 Å². The average molecular weight is 204 g/mol. The predicted molar refractivity (Wildman–Crippen MR) is 31.7 cm³/mol. The van der Waals surface area contributed by atoms with Crippen LogP contribution in [0.25, 0.3) is 0 Å². The number of hydrogen-bond acceptors (Lipinski definition) is 4. The topological polar surface area (TPSA) is 47.6 Å². The Hall–Kier alpha value is 0.901. The molecule has 0 aromatic carbocycles. The molecule has 0 aromatic rings. The molecule has 0 fully saturated rings. The van der Waals surface area contributed by atoms with E-state index in [4.69, 9.17) is 10.5 Å². The van der Waals surface area contributed by atoms with Crippen molar-refractivity contribution in [3.8, 4) is 10.8 Å². The summed E-state index contributed by atoms with van der Waals surface area (Å²) in [6, 6.07) is 0. The van der Waals surface area contributed by atoms with Crippen LogP contribution < -0.4 is 0 Å². The molecular formula is C2N2S2Sr. The molecular weight excluding hydrogens is 204 g/mol. The summed E-state index contributed by atoms with van der Waals surface area (Å²) < 4.78 is 0. The van der Waals surface area contributed by atoms with Crippen molar-refractivity contribution in [1.29, 1.82) is 10.5 Å². The molecule has 0 saturated heterocycles. The van der Waals surface area contributed by atoms with Crippen LogP contribution in [-0.4, -0.2) is 45.5 Å². The maximum atomic E-state index is 7.13. The van der Waals surface area contributed by atoms with E-state index in [-0.39, 0.29) is 45.5 Å². The molecule has 0 amide bonds.